The Balaban J connectivity index is 2.30. The summed E-state index contributed by atoms with van der Waals surface area (Å²) in [6.45, 7) is 0.0574. The maximum atomic E-state index is 9.31. The van der Waals surface area contributed by atoms with Gasteiger partial charge in [0.1, 0.15) is 0 Å². The van der Waals surface area contributed by atoms with Crippen molar-refractivity contribution in [2.24, 2.45) is 0 Å². The average Bonchev–Trinajstić information content (AvgIpc) is 2.35. The molecule has 1 heterocycles. The lowest BCUT2D eigenvalue weighted by molar-refractivity contribution is 0.105. The molecule has 1 aromatic carbocycles. The summed E-state index contributed by atoms with van der Waals surface area (Å²) in [6.07, 6.45) is 0.953. The fourth-order valence-electron chi connectivity index (χ4n) is 1.56. The molecule has 3 N–H and O–H groups in total. The molecule has 0 spiro atoms. The number of rotatable bonds is 4. The molecule has 0 saturated carbocycles. The van der Waals surface area contributed by atoms with E-state index in [-0.39, 0.29) is 6.61 Å². The Labute approximate surface area is 107 Å². The maximum Gasteiger partial charge on any atom is 0.0942 e. The number of aliphatic hydroxyl groups is 2. The Morgan fingerprint density at radius 1 is 1.35 bits per heavy atom. The second-order valence-electron chi connectivity index (χ2n) is 3.74. The van der Waals surface area contributed by atoms with E-state index in [1.54, 1.807) is 6.20 Å². The number of hydrogen-bond acceptors (Lipinski definition) is 4. The van der Waals surface area contributed by atoms with Crippen LogP contribution in [0, 0.1) is 0 Å². The number of halogens is 1. The Kier molecular flexibility index (Phi) is 3.93. The summed E-state index contributed by atoms with van der Waals surface area (Å²) in [5, 5.41) is 22.1. The smallest absolute Gasteiger partial charge is 0.0942 e. The topological polar surface area (TPSA) is 65.4 Å². The monoisotopic (exact) mass is 296 g/mol. The lowest BCUT2D eigenvalue weighted by Gasteiger charge is -2.12. The van der Waals surface area contributed by atoms with Crippen LogP contribution in [-0.2, 0) is 0 Å². The van der Waals surface area contributed by atoms with Crippen molar-refractivity contribution in [3.05, 3.63) is 34.9 Å². The van der Waals surface area contributed by atoms with Crippen molar-refractivity contribution in [1.82, 2.24) is 4.98 Å². The van der Waals surface area contributed by atoms with Gasteiger partial charge in [-0.2, -0.15) is 0 Å². The minimum atomic E-state index is -0.759. The number of hydrogen-bond donors (Lipinski definition) is 3. The quantitative estimate of drug-likeness (QED) is 0.804. The van der Waals surface area contributed by atoms with Crippen molar-refractivity contribution in [3.63, 3.8) is 0 Å². The van der Waals surface area contributed by atoms with E-state index < -0.39 is 6.10 Å². The molecule has 1 unspecified atom stereocenters. The number of aromatic nitrogens is 1. The highest BCUT2D eigenvalue weighted by Gasteiger charge is 2.05. The fraction of sp³-hybridized carbons (Fsp3) is 0.250. The zero-order chi connectivity index (χ0) is 12.3. The molecule has 0 bridgehead atoms. The predicted octanol–water partition coefficient (Wildman–Crippen LogP) is 1.76. The Morgan fingerprint density at radius 3 is 2.94 bits per heavy atom. The van der Waals surface area contributed by atoms with Crippen LogP contribution >= 0.6 is 15.9 Å². The van der Waals surface area contributed by atoms with E-state index in [0.29, 0.717) is 6.54 Å². The van der Waals surface area contributed by atoms with E-state index in [0.717, 1.165) is 21.1 Å². The van der Waals surface area contributed by atoms with Gasteiger partial charge in [-0.3, -0.25) is 4.98 Å². The highest BCUT2D eigenvalue weighted by Crippen LogP contribution is 2.24. The first kappa shape index (κ1) is 12.3. The van der Waals surface area contributed by atoms with Gasteiger partial charge in [0.05, 0.1) is 18.2 Å². The summed E-state index contributed by atoms with van der Waals surface area (Å²) < 4.78 is 0.976. The van der Waals surface area contributed by atoms with E-state index in [9.17, 15) is 5.11 Å². The summed E-state index contributed by atoms with van der Waals surface area (Å²) in [6, 6.07) is 7.67. The van der Waals surface area contributed by atoms with Gasteiger partial charge in [0.15, 0.2) is 0 Å². The lowest BCUT2D eigenvalue weighted by atomic mass is 10.2. The Hall–Kier alpha value is -1.17. The van der Waals surface area contributed by atoms with Gasteiger partial charge in [-0.05, 0) is 24.3 Å². The first-order valence-electron chi connectivity index (χ1n) is 5.28. The van der Waals surface area contributed by atoms with E-state index in [1.165, 1.54) is 0 Å². The highest BCUT2D eigenvalue weighted by atomic mass is 79.9. The molecule has 0 amide bonds. The number of aliphatic hydroxyl groups excluding tert-OH is 2. The molecule has 2 aromatic rings. The third-order valence-electron chi connectivity index (χ3n) is 2.44. The number of nitrogens with zero attached hydrogens (tertiary/aromatic N) is 1. The van der Waals surface area contributed by atoms with Crippen molar-refractivity contribution in [2.75, 3.05) is 18.5 Å². The number of benzene rings is 1. The van der Waals surface area contributed by atoms with Crippen LogP contribution in [-0.4, -0.2) is 34.5 Å². The van der Waals surface area contributed by atoms with Gasteiger partial charge >= 0.3 is 0 Å². The maximum absolute atomic E-state index is 9.31. The standard InChI is InChI=1S/C12H13BrN2O2/c13-8-1-2-11-10(5-8)12(3-4-14-11)15-6-9(17)7-16/h1-5,9,16-17H,6-7H2,(H,14,15). The predicted molar refractivity (Wildman–Crippen MR) is 71.0 cm³/mol. The molecule has 1 atom stereocenters. The lowest BCUT2D eigenvalue weighted by Crippen LogP contribution is -2.23. The number of anilines is 1. The first-order chi connectivity index (χ1) is 8.20. The summed E-state index contributed by atoms with van der Waals surface area (Å²) in [4.78, 5) is 4.26. The average molecular weight is 297 g/mol. The van der Waals surface area contributed by atoms with E-state index in [1.807, 2.05) is 24.3 Å². The van der Waals surface area contributed by atoms with Gasteiger partial charge in [-0.15, -0.1) is 0 Å². The van der Waals surface area contributed by atoms with Crippen LogP contribution in [0.2, 0.25) is 0 Å². The number of fused-ring (bicyclic) bond motifs is 1. The first-order valence-corrected chi connectivity index (χ1v) is 6.07. The molecule has 0 aliphatic rings. The van der Waals surface area contributed by atoms with Crippen LogP contribution in [0.3, 0.4) is 0 Å². The molecule has 4 nitrogen and oxygen atoms in total. The summed E-state index contributed by atoms with van der Waals surface area (Å²) in [5.74, 6) is 0. The third-order valence-corrected chi connectivity index (χ3v) is 2.94. The van der Waals surface area contributed by atoms with Crippen molar-refractivity contribution >= 4 is 32.5 Å². The van der Waals surface area contributed by atoms with Gasteiger partial charge in [-0.1, -0.05) is 15.9 Å². The molecular formula is C12H13BrN2O2. The van der Waals surface area contributed by atoms with Crippen molar-refractivity contribution in [3.8, 4) is 0 Å². The van der Waals surface area contributed by atoms with Crippen LogP contribution in [0.25, 0.3) is 10.9 Å². The molecule has 5 heteroatoms. The molecule has 17 heavy (non-hydrogen) atoms. The summed E-state index contributed by atoms with van der Waals surface area (Å²) in [7, 11) is 0. The second kappa shape index (κ2) is 5.44. The van der Waals surface area contributed by atoms with Crippen LogP contribution in [0.15, 0.2) is 34.9 Å². The number of nitrogens with one attached hydrogen (secondary N) is 1. The van der Waals surface area contributed by atoms with E-state index in [2.05, 4.69) is 26.2 Å². The normalized spacial score (nSPS) is 12.6. The molecule has 0 saturated heterocycles. The fourth-order valence-corrected chi connectivity index (χ4v) is 1.93. The van der Waals surface area contributed by atoms with E-state index >= 15 is 0 Å². The van der Waals surface area contributed by atoms with Gasteiger partial charge in [-0.25, -0.2) is 0 Å². The van der Waals surface area contributed by atoms with Crippen molar-refractivity contribution in [1.29, 1.82) is 0 Å². The minimum absolute atomic E-state index is 0.250. The minimum Gasteiger partial charge on any atom is -0.394 e. The van der Waals surface area contributed by atoms with Gasteiger partial charge in [0.25, 0.3) is 0 Å². The Morgan fingerprint density at radius 2 is 2.18 bits per heavy atom. The second-order valence-corrected chi connectivity index (χ2v) is 4.65. The van der Waals surface area contributed by atoms with Gasteiger partial charge in [0, 0.05) is 28.3 Å². The molecule has 2 rings (SSSR count). The molecule has 0 radical (unpaired) electrons. The molecule has 0 aliphatic heterocycles. The summed E-state index contributed by atoms with van der Waals surface area (Å²) in [5.41, 5.74) is 1.78. The zero-order valence-corrected chi connectivity index (χ0v) is 10.7. The van der Waals surface area contributed by atoms with E-state index in [4.69, 9.17) is 5.11 Å². The largest absolute Gasteiger partial charge is 0.394 e. The molecule has 90 valence electrons. The van der Waals surface area contributed by atoms with Crippen molar-refractivity contribution < 1.29 is 10.2 Å². The summed E-state index contributed by atoms with van der Waals surface area (Å²) >= 11 is 3.42. The number of pyridine rings is 1. The highest BCUT2D eigenvalue weighted by molar-refractivity contribution is 9.10. The molecule has 0 fully saturated rings. The third kappa shape index (κ3) is 2.94. The zero-order valence-electron chi connectivity index (χ0n) is 9.10. The van der Waals surface area contributed by atoms with Crippen molar-refractivity contribution in [2.45, 2.75) is 6.10 Å². The molecule has 0 aliphatic carbocycles. The van der Waals surface area contributed by atoms with Crippen LogP contribution in [0.1, 0.15) is 0 Å². The molecule has 1 aromatic heterocycles. The van der Waals surface area contributed by atoms with Gasteiger partial charge < -0.3 is 15.5 Å². The van der Waals surface area contributed by atoms with Crippen LogP contribution < -0.4 is 5.32 Å². The van der Waals surface area contributed by atoms with Crippen LogP contribution in [0.5, 0.6) is 0 Å². The SMILES string of the molecule is OCC(O)CNc1ccnc2ccc(Br)cc12. The van der Waals surface area contributed by atoms with Gasteiger partial charge in [0.2, 0.25) is 0 Å². The molecular weight excluding hydrogens is 284 g/mol. The Bertz CT molecular complexity index is 519. The van der Waals surface area contributed by atoms with Crippen LogP contribution in [0.4, 0.5) is 5.69 Å².